The van der Waals surface area contributed by atoms with E-state index in [1.54, 1.807) is 0 Å². The minimum atomic E-state index is -1.12. The smallest absolute Gasteiger partial charge is 0.404 e. The Bertz CT molecular complexity index is 395. The summed E-state index contributed by atoms with van der Waals surface area (Å²) in [5, 5.41) is 24.6. The van der Waals surface area contributed by atoms with Gasteiger partial charge in [-0.25, -0.2) is 4.79 Å². The molecule has 4 N–H and O–H groups in total. The second-order valence-corrected chi connectivity index (χ2v) is 5.37. The lowest BCUT2D eigenvalue weighted by Gasteiger charge is -2.23. The van der Waals surface area contributed by atoms with Crippen LogP contribution in [0.15, 0.2) is 30.3 Å². The molecule has 20 heavy (non-hydrogen) atoms. The Morgan fingerprint density at radius 3 is 2.40 bits per heavy atom. The molecule has 0 saturated heterocycles. The van der Waals surface area contributed by atoms with Gasteiger partial charge in [-0.3, -0.25) is 0 Å². The number of rotatable bonds is 8. The van der Waals surface area contributed by atoms with Crippen LogP contribution in [0.4, 0.5) is 4.79 Å². The SMILES string of the molecule is CC(C)CNC[C@H](O)[C@H](Cc1ccccc1)NC(=O)O. The highest BCUT2D eigenvalue weighted by Gasteiger charge is 2.21. The molecule has 0 aromatic heterocycles. The van der Waals surface area contributed by atoms with Crippen molar-refractivity contribution in [1.29, 1.82) is 0 Å². The van der Waals surface area contributed by atoms with Gasteiger partial charge in [-0.2, -0.15) is 0 Å². The maximum Gasteiger partial charge on any atom is 0.404 e. The topological polar surface area (TPSA) is 81.6 Å². The van der Waals surface area contributed by atoms with E-state index in [-0.39, 0.29) is 0 Å². The van der Waals surface area contributed by atoms with Crippen molar-refractivity contribution in [2.24, 2.45) is 5.92 Å². The summed E-state index contributed by atoms with van der Waals surface area (Å²) in [6.45, 7) is 5.32. The molecule has 0 radical (unpaired) electrons. The molecule has 0 aliphatic heterocycles. The van der Waals surface area contributed by atoms with E-state index < -0.39 is 18.2 Å². The van der Waals surface area contributed by atoms with Gasteiger partial charge in [-0.1, -0.05) is 44.2 Å². The van der Waals surface area contributed by atoms with Crippen molar-refractivity contribution in [2.75, 3.05) is 13.1 Å². The zero-order chi connectivity index (χ0) is 15.0. The van der Waals surface area contributed by atoms with Crippen molar-refractivity contribution in [3.8, 4) is 0 Å². The summed E-state index contributed by atoms with van der Waals surface area (Å²) in [5.41, 5.74) is 0.995. The molecule has 0 aliphatic rings. The monoisotopic (exact) mass is 280 g/mol. The summed E-state index contributed by atoms with van der Waals surface area (Å²) in [4.78, 5) is 10.8. The first-order valence-corrected chi connectivity index (χ1v) is 6.91. The van der Waals surface area contributed by atoms with Gasteiger partial charge < -0.3 is 20.8 Å². The van der Waals surface area contributed by atoms with Crippen molar-refractivity contribution in [3.63, 3.8) is 0 Å². The Labute approximate surface area is 120 Å². The number of hydrogen-bond donors (Lipinski definition) is 4. The summed E-state index contributed by atoms with van der Waals surface area (Å²) < 4.78 is 0. The highest BCUT2D eigenvalue weighted by Crippen LogP contribution is 2.06. The van der Waals surface area contributed by atoms with E-state index >= 15 is 0 Å². The minimum Gasteiger partial charge on any atom is -0.465 e. The standard InChI is InChI=1S/C15H24N2O3/c1-11(2)9-16-10-14(18)13(17-15(19)20)8-12-6-4-3-5-7-12/h3-7,11,13-14,16-18H,8-10H2,1-2H3,(H,19,20)/t13-,14-/m0/s1. The van der Waals surface area contributed by atoms with Crippen LogP contribution in [0, 0.1) is 5.92 Å². The zero-order valence-electron chi connectivity index (χ0n) is 12.0. The number of amides is 1. The molecule has 1 aromatic rings. The maximum absolute atomic E-state index is 10.8. The Kier molecular flexibility index (Phi) is 7.04. The Balaban J connectivity index is 2.56. The molecule has 5 nitrogen and oxygen atoms in total. The lowest BCUT2D eigenvalue weighted by atomic mass is 10.0. The molecule has 0 unspecified atom stereocenters. The van der Waals surface area contributed by atoms with E-state index in [1.165, 1.54) is 0 Å². The van der Waals surface area contributed by atoms with Crippen molar-refractivity contribution >= 4 is 6.09 Å². The van der Waals surface area contributed by atoms with Gasteiger partial charge in [0.2, 0.25) is 0 Å². The molecule has 1 aromatic carbocycles. The van der Waals surface area contributed by atoms with Crippen molar-refractivity contribution in [1.82, 2.24) is 10.6 Å². The third-order valence-corrected chi connectivity index (χ3v) is 2.98. The number of hydrogen-bond acceptors (Lipinski definition) is 3. The van der Waals surface area contributed by atoms with Crippen LogP contribution in [-0.4, -0.2) is 41.5 Å². The fourth-order valence-electron chi connectivity index (χ4n) is 1.97. The normalized spacial score (nSPS) is 14.0. The average Bonchev–Trinajstić information content (AvgIpc) is 2.38. The van der Waals surface area contributed by atoms with Gasteiger partial charge in [0.15, 0.2) is 0 Å². The van der Waals surface area contributed by atoms with Crippen LogP contribution < -0.4 is 10.6 Å². The largest absolute Gasteiger partial charge is 0.465 e. The van der Waals surface area contributed by atoms with Crippen LogP contribution in [0.25, 0.3) is 0 Å². The van der Waals surface area contributed by atoms with Gasteiger partial charge in [0.25, 0.3) is 0 Å². The molecule has 0 bridgehead atoms. The zero-order valence-corrected chi connectivity index (χ0v) is 12.0. The maximum atomic E-state index is 10.8. The molecule has 0 spiro atoms. The number of nitrogens with one attached hydrogen (secondary N) is 2. The molecule has 0 aliphatic carbocycles. The number of carboxylic acid groups (broad SMARTS) is 1. The minimum absolute atomic E-state index is 0.371. The number of carbonyl (C=O) groups is 1. The first-order chi connectivity index (χ1) is 9.49. The fraction of sp³-hybridized carbons (Fsp3) is 0.533. The average molecular weight is 280 g/mol. The van der Waals surface area contributed by atoms with Crippen LogP contribution in [0.5, 0.6) is 0 Å². The molecular weight excluding hydrogens is 256 g/mol. The fourth-order valence-corrected chi connectivity index (χ4v) is 1.97. The Morgan fingerprint density at radius 1 is 1.20 bits per heavy atom. The van der Waals surface area contributed by atoms with E-state index in [4.69, 9.17) is 5.11 Å². The molecule has 112 valence electrons. The van der Waals surface area contributed by atoms with E-state index in [9.17, 15) is 9.90 Å². The van der Waals surface area contributed by atoms with E-state index in [0.717, 1.165) is 12.1 Å². The Morgan fingerprint density at radius 2 is 1.85 bits per heavy atom. The second kappa shape index (κ2) is 8.55. The third-order valence-electron chi connectivity index (χ3n) is 2.98. The molecule has 1 amide bonds. The third kappa shape index (κ3) is 6.54. The van der Waals surface area contributed by atoms with Crippen LogP contribution in [0.2, 0.25) is 0 Å². The van der Waals surface area contributed by atoms with Gasteiger partial charge in [0.1, 0.15) is 0 Å². The van der Waals surface area contributed by atoms with Gasteiger partial charge in [-0.05, 0) is 24.4 Å². The van der Waals surface area contributed by atoms with Crippen LogP contribution >= 0.6 is 0 Å². The number of benzene rings is 1. The molecule has 0 fully saturated rings. The molecule has 1 rings (SSSR count). The molecule has 0 saturated carbocycles. The molecule has 0 heterocycles. The summed E-state index contributed by atoms with van der Waals surface area (Å²) in [6.07, 6.45) is -1.41. The lowest BCUT2D eigenvalue weighted by molar-refractivity contribution is 0.117. The lowest BCUT2D eigenvalue weighted by Crippen LogP contribution is -2.48. The van der Waals surface area contributed by atoms with Crippen molar-refractivity contribution in [3.05, 3.63) is 35.9 Å². The first kappa shape index (κ1) is 16.5. The summed E-state index contributed by atoms with van der Waals surface area (Å²) in [6, 6.07) is 9.03. The molecule has 5 heteroatoms. The highest BCUT2D eigenvalue weighted by molar-refractivity contribution is 5.65. The van der Waals surface area contributed by atoms with E-state index in [0.29, 0.717) is 18.9 Å². The van der Waals surface area contributed by atoms with Gasteiger partial charge >= 0.3 is 6.09 Å². The number of aliphatic hydroxyl groups excluding tert-OH is 1. The molecule has 2 atom stereocenters. The van der Waals surface area contributed by atoms with Gasteiger partial charge in [0.05, 0.1) is 12.1 Å². The van der Waals surface area contributed by atoms with Crippen LogP contribution in [0.1, 0.15) is 19.4 Å². The first-order valence-electron chi connectivity index (χ1n) is 6.91. The second-order valence-electron chi connectivity index (χ2n) is 5.37. The van der Waals surface area contributed by atoms with Crippen molar-refractivity contribution < 1.29 is 15.0 Å². The predicted molar refractivity (Wildman–Crippen MR) is 78.8 cm³/mol. The summed E-state index contributed by atoms with van der Waals surface area (Å²) >= 11 is 0. The van der Waals surface area contributed by atoms with Gasteiger partial charge in [0, 0.05) is 6.54 Å². The predicted octanol–water partition coefficient (Wildman–Crippen LogP) is 1.47. The Hall–Kier alpha value is -1.59. The van der Waals surface area contributed by atoms with Crippen LogP contribution in [0.3, 0.4) is 0 Å². The molecular formula is C15H24N2O3. The quantitative estimate of drug-likeness (QED) is 0.581. The van der Waals surface area contributed by atoms with Crippen molar-refractivity contribution in [2.45, 2.75) is 32.4 Å². The van der Waals surface area contributed by atoms with Crippen LogP contribution in [-0.2, 0) is 6.42 Å². The number of aliphatic hydroxyl groups is 1. The van der Waals surface area contributed by atoms with E-state index in [2.05, 4.69) is 24.5 Å². The van der Waals surface area contributed by atoms with Gasteiger partial charge in [-0.15, -0.1) is 0 Å². The highest BCUT2D eigenvalue weighted by atomic mass is 16.4. The van der Waals surface area contributed by atoms with E-state index in [1.807, 2.05) is 30.3 Å². The summed E-state index contributed by atoms with van der Waals surface area (Å²) in [7, 11) is 0. The summed E-state index contributed by atoms with van der Waals surface area (Å²) in [5.74, 6) is 0.488.